The van der Waals surface area contributed by atoms with E-state index in [4.69, 9.17) is 27.9 Å². The van der Waals surface area contributed by atoms with Crippen LogP contribution in [0.2, 0.25) is 10.2 Å². The van der Waals surface area contributed by atoms with Crippen molar-refractivity contribution in [2.24, 2.45) is 0 Å². The highest BCUT2D eigenvalue weighted by atomic mass is 35.5. The predicted octanol–water partition coefficient (Wildman–Crippen LogP) is 7.01. The molecule has 1 N–H and O–H groups in total. The molecule has 0 aliphatic rings. The molecule has 0 amide bonds. The molecule has 0 aliphatic heterocycles. The zero-order valence-electron chi connectivity index (χ0n) is 21.5. The van der Waals surface area contributed by atoms with E-state index in [2.05, 4.69) is 15.1 Å². The zero-order valence-corrected chi connectivity index (χ0v) is 23.0. The van der Waals surface area contributed by atoms with Crippen molar-refractivity contribution in [1.29, 1.82) is 0 Å². The number of aromatic nitrogens is 4. The van der Waals surface area contributed by atoms with Gasteiger partial charge in [-0.2, -0.15) is 5.10 Å². The third kappa shape index (κ3) is 4.71. The molecule has 1 atom stereocenters. The Bertz CT molecular complexity index is 1780. The maximum absolute atomic E-state index is 12.3. The highest BCUT2D eigenvalue weighted by molar-refractivity contribution is 6.39. The van der Waals surface area contributed by atoms with Crippen molar-refractivity contribution in [2.75, 3.05) is 7.11 Å². The van der Waals surface area contributed by atoms with E-state index >= 15 is 0 Å². The maximum atomic E-state index is 12.3. The molecule has 198 valence electrons. The Morgan fingerprint density at radius 2 is 1.65 bits per heavy atom. The lowest BCUT2D eigenvalue weighted by Crippen LogP contribution is -2.29. The lowest BCUT2D eigenvalue weighted by atomic mass is 9.80. The third-order valence-electron chi connectivity index (χ3n) is 7.06. The van der Waals surface area contributed by atoms with Crippen LogP contribution < -0.4 is 4.74 Å². The molecule has 0 radical (unpaired) electrons. The molecule has 0 saturated heterocycles. The summed E-state index contributed by atoms with van der Waals surface area (Å²) in [5.74, 6) is 0.694. The Morgan fingerprint density at radius 3 is 2.33 bits per heavy atom. The van der Waals surface area contributed by atoms with Gasteiger partial charge >= 0.3 is 0 Å². The molecule has 3 aromatic carbocycles. The molecule has 3 aromatic heterocycles. The maximum Gasteiger partial charge on any atom is 0.142 e. The van der Waals surface area contributed by atoms with Crippen molar-refractivity contribution in [3.8, 4) is 11.4 Å². The van der Waals surface area contributed by atoms with Gasteiger partial charge in [-0.1, -0.05) is 59.6 Å². The number of ether oxygens (including phenoxy) is 1. The predicted molar refractivity (Wildman–Crippen MR) is 157 cm³/mol. The molecule has 0 bridgehead atoms. The van der Waals surface area contributed by atoms with Crippen LogP contribution in [0.3, 0.4) is 0 Å². The van der Waals surface area contributed by atoms with Gasteiger partial charge in [0.2, 0.25) is 0 Å². The standard InChI is InChI=1S/C32H24Cl2N4O2/c1-40-26-12-7-22(8-13-26)32(39,24-4-2-15-35-20-24)23-9-14-29-27(19-23)30(33)28(31(34)37-29)18-21-5-10-25(11-6-21)38-17-3-16-36-38/h2-17,19-20,39H,18H2,1H3. The van der Waals surface area contributed by atoms with Crippen molar-refractivity contribution < 1.29 is 9.84 Å². The quantitative estimate of drug-likeness (QED) is 0.210. The second-order valence-electron chi connectivity index (χ2n) is 9.40. The zero-order chi connectivity index (χ0) is 27.7. The number of methoxy groups -OCH3 is 1. The Balaban J connectivity index is 1.43. The van der Waals surface area contributed by atoms with Gasteiger partial charge in [0.15, 0.2) is 0 Å². The lowest BCUT2D eigenvalue weighted by Gasteiger charge is -2.30. The SMILES string of the molecule is COc1ccc(C(O)(c2cccnc2)c2ccc3nc(Cl)c(Cc4ccc(-n5cccn5)cc4)c(Cl)c3c2)cc1. The minimum Gasteiger partial charge on any atom is -0.497 e. The summed E-state index contributed by atoms with van der Waals surface area (Å²) in [5, 5.41) is 18.1. The molecule has 8 heteroatoms. The van der Waals surface area contributed by atoms with Crippen LogP contribution in [0.1, 0.15) is 27.8 Å². The van der Waals surface area contributed by atoms with E-state index < -0.39 is 5.60 Å². The molecule has 3 heterocycles. The molecular formula is C32H24Cl2N4O2. The van der Waals surface area contributed by atoms with E-state index in [-0.39, 0.29) is 0 Å². The first-order chi connectivity index (χ1) is 19.5. The van der Waals surface area contributed by atoms with Gasteiger partial charge in [0.25, 0.3) is 0 Å². The van der Waals surface area contributed by atoms with Crippen molar-refractivity contribution in [1.82, 2.24) is 19.7 Å². The van der Waals surface area contributed by atoms with Gasteiger partial charge in [-0.3, -0.25) is 4.98 Å². The number of benzene rings is 3. The fourth-order valence-electron chi connectivity index (χ4n) is 4.91. The van der Waals surface area contributed by atoms with Crippen LogP contribution in [-0.2, 0) is 12.0 Å². The van der Waals surface area contributed by atoms with Crippen LogP contribution in [0.15, 0.2) is 110 Å². The average Bonchev–Trinajstić information content (AvgIpc) is 3.55. The summed E-state index contributed by atoms with van der Waals surface area (Å²) >= 11 is 13.7. The number of rotatable bonds is 7. The number of nitrogens with zero attached hydrogens (tertiary/aromatic N) is 4. The number of pyridine rings is 2. The molecule has 0 aliphatic carbocycles. The highest BCUT2D eigenvalue weighted by Gasteiger charge is 2.34. The van der Waals surface area contributed by atoms with Crippen molar-refractivity contribution in [3.05, 3.63) is 148 Å². The lowest BCUT2D eigenvalue weighted by molar-refractivity contribution is 0.125. The largest absolute Gasteiger partial charge is 0.497 e. The minimum absolute atomic E-state index is 0.346. The Labute approximate surface area is 241 Å². The summed E-state index contributed by atoms with van der Waals surface area (Å²) < 4.78 is 7.13. The van der Waals surface area contributed by atoms with Gasteiger partial charge in [-0.25, -0.2) is 9.67 Å². The van der Waals surface area contributed by atoms with Gasteiger partial charge in [0.05, 0.1) is 23.3 Å². The van der Waals surface area contributed by atoms with Crippen LogP contribution in [-0.4, -0.2) is 32.0 Å². The van der Waals surface area contributed by atoms with Crippen LogP contribution in [0, 0.1) is 0 Å². The first-order valence-corrected chi connectivity index (χ1v) is 13.4. The summed E-state index contributed by atoms with van der Waals surface area (Å²) in [7, 11) is 1.61. The second kappa shape index (κ2) is 10.7. The molecule has 0 fully saturated rings. The molecular weight excluding hydrogens is 543 g/mol. The van der Waals surface area contributed by atoms with Gasteiger partial charge in [-0.05, 0) is 65.2 Å². The first-order valence-electron chi connectivity index (χ1n) is 12.6. The summed E-state index contributed by atoms with van der Waals surface area (Å²) in [6, 6.07) is 26.5. The molecule has 6 rings (SSSR count). The van der Waals surface area contributed by atoms with Gasteiger partial charge in [0, 0.05) is 47.7 Å². The number of halogens is 2. The normalized spacial score (nSPS) is 12.8. The van der Waals surface area contributed by atoms with Gasteiger partial charge in [-0.15, -0.1) is 0 Å². The van der Waals surface area contributed by atoms with Gasteiger partial charge < -0.3 is 9.84 Å². The number of fused-ring (bicyclic) bond motifs is 1. The molecule has 1 unspecified atom stereocenters. The molecule has 0 spiro atoms. The first kappa shape index (κ1) is 26.0. The van der Waals surface area contributed by atoms with Gasteiger partial charge in [0.1, 0.15) is 16.5 Å². The van der Waals surface area contributed by atoms with E-state index in [9.17, 15) is 5.11 Å². The third-order valence-corrected chi connectivity index (χ3v) is 7.80. The average molecular weight is 567 g/mol. The monoisotopic (exact) mass is 566 g/mol. The van der Waals surface area contributed by atoms with Crippen LogP contribution in [0.5, 0.6) is 5.75 Å². The molecule has 40 heavy (non-hydrogen) atoms. The van der Waals surface area contributed by atoms with E-state index in [1.807, 2.05) is 85.1 Å². The summed E-state index contributed by atoms with van der Waals surface area (Å²) in [4.78, 5) is 8.90. The van der Waals surface area contributed by atoms with Crippen LogP contribution in [0.25, 0.3) is 16.6 Å². The minimum atomic E-state index is -1.50. The highest BCUT2D eigenvalue weighted by Crippen LogP contribution is 2.40. The topological polar surface area (TPSA) is 73.1 Å². The fourth-order valence-corrected chi connectivity index (χ4v) is 5.52. The van der Waals surface area contributed by atoms with E-state index in [0.29, 0.717) is 55.5 Å². The Hall–Kier alpha value is -4.23. The Morgan fingerprint density at radius 1 is 0.875 bits per heavy atom. The van der Waals surface area contributed by atoms with Crippen molar-refractivity contribution >= 4 is 34.1 Å². The summed E-state index contributed by atoms with van der Waals surface area (Å²) in [5.41, 5.74) is 3.75. The molecule has 6 aromatic rings. The smallest absolute Gasteiger partial charge is 0.142 e. The van der Waals surface area contributed by atoms with Crippen molar-refractivity contribution in [2.45, 2.75) is 12.0 Å². The molecule has 0 saturated carbocycles. The molecule has 6 nitrogen and oxygen atoms in total. The van der Waals surface area contributed by atoms with Crippen LogP contribution in [0.4, 0.5) is 0 Å². The summed E-state index contributed by atoms with van der Waals surface area (Å²) in [6.45, 7) is 0. The van der Waals surface area contributed by atoms with Crippen molar-refractivity contribution in [3.63, 3.8) is 0 Å². The van der Waals surface area contributed by atoms with E-state index in [0.717, 1.165) is 11.3 Å². The fraction of sp³-hybridized carbons (Fsp3) is 0.0938. The van der Waals surface area contributed by atoms with E-state index in [1.54, 1.807) is 36.4 Å². The van der Waals surface area contributed by atoms with E-state index in [1.165, 1.54) is 0 Å². The van der Waals surface area contributed by atoms with Crippen LogP contribution >= 0.6 is 23.2 Å². The number of aliphatic hydroxyl groups is 1. The Kier molecular flexibility index (Phi) is 6.98. The summed E-state index contributed by atoms with van der Waals surface area (Å²) in [6.07, 6.45) is 7.47. The number of hydrogen-bond acceptors (Lipinski definition) is 5. The number of hydrogen-bond donors (Lipinski definition) is 1. The second-order valence-corrected chi connectivity index (χ2v) is 10.1.